The van der Waals surface area contributed by atoms with Crippen LogP contribution >= 0.6 is 0 Å². The van der Waals surface area contributed by atoms with Gasteiger partial charge in [0.05, 0.1) is 5.69 Å². The number of carbonyl (C=O) groups is 1. The maximum atomic E-state index is 12.7. The maximum Gasteiger partial charge on any atom is 0.286 e. The summed E-state index contributed by atoms with van der Waals surface area (Å²) in [6.45, 7) is 1.18. The van der Waals surface area contributed by atoms with Gasteiger partial charge in [-0.1, -0.05) is 12.1 Å². The third-order valence-electron chi connectivity index (χ3n) is 5.18. The minimum atomic E-state index is -3.71. The van der Waals surface area contributed by atoms with Crippen molar-refractivity contribution in [2.75, 3.05) is 18.4 Å². The number of para-hydroxylation sites is 1. The number of nitrogens with zero attached hydrogens (tertiary/aromatic N) is 3. The minimum absolute atomic E-state index is 0.0844. The van der Waals surface area contributed by atoms with E-state index in [1.54, 1.807) is 36.7 Å². The summed E-state index contributed by atoms with van der Waals surface area (Å²) >= 11 is 0. The average Bonchev–Trinajstić information content (AvgIpc) is 2.72. The summed E-state index contributed by atoms with van der Waals surface area (Å²) in [4.78, 5) is 18.7. The number of amides is 1. The zero-order valence-corrected chi connectivity index (χ0v) is 16.2. The van der Waals surface area contributed by atoms with Crippen molar-refractivity contribution >= 4 is 27.5 Å². The Bertz CT molecular complexity index is 1010. The van der Waals surface area contributed by atoms with Crippen molar-refractivity contribution < 1.29 is 13.2 Å². The molecule has 0 radical (unpaired) electrons. The summed E-state index contributed by atoms with van der Waals surface area (Å²) < 4.78 is 29.0. The van der Waals surface area contributed by atoms with E-state index in [0.29, 0.717) is 37.5 Å². The fraction of sp³-hybridized carbons (Fsp3) is 0.350. The number of aromatic nitrogens is 1. The highest BCUT2D eigenvalue weighted by atomic mass is 32.2. The van der Waals surface area contributed by atoms with Gasteiger partial charge in [-0.15, -0.1) is 4.40 Å². The highest BCUT2D eigenvalue weighted by Gasteiger charge is 2.32. The number of aryl methyl sites for hydroxylation is 1. The quantitative estimate of drug-likeness (QED) is 0.854. The monoisotopic (exact) mass is 398 g/mol. The van der Waals surface area contributed by atoms with E-state index in [9.17, 15) is 13.2 Å². The minimum Gasteiger partial charge on any atom is -0.342 e. The van der Waals surface area contributed by atoms with Crippen LogP contribution in [0.25, 0.3) is 0 Å². The Morgan fingerprint density at radius 1 is 1.18 bits per heavy atom. The first-order valence-corrected chi connectivity index (χ1v) is 10.8. The lowest BCUT2D eigenvalue weighted by Gasteiger charge is -2.34. The number of hydrogen-bond donors (Lipinski definition) is 1. The van der Waals surface area contributed by atoms with Gasteiger partial charge in [-0.2, -0.15) is 8.42 Å². The highest BCUT2D eigenvalue weighted by Crippen LogP contribution is 2.30. The number of hydrogen-bond acceptors (Lipinski definition) is 5. The highest BCUT2D eigenvalue weighted by molar-refractivity contribution is 7.90. The Morgan fingerprint density at radius 2 is 1.96 bits per heavy atom. The zero-order chi connectivity index (χ0) is 19.6. The molecule has 0 saturated carbocycles. The van der Waals surface area contributed by atoms with Crippen LogP contribution in [0.1, 0.15) is 24.8 Å². The number of nitrogens with one attached hydrogen (secondary N) is 1. The van der Waals surface area contributed by atoms with E-state index in [2.05, 4.69) is 14.7 Å². The molecule has 1 saturated heterocycles. The standard InChI is InChI=1S/C20H22N4O3S/c25-19(8-7-15-9-11-21-12-10-15)24-13-3-4-16(14-24)20-22-17-5-1-2-6-18(17)28(26,27)23-20/h1-2,5-6,9-12,16H,3-4,7-8,13-14H2,(H,22,23)/t16-/m0/s1. The third-order valence-corrected chi connectivity index (χ3v) is 6.53. The summed E-state index contributed by atoms with van der Waals surface area (Å²) in [7, 11) is -3.71. The van der Waals surface area contributed by atoms with Crippen molar-refractivity contribution in [1.29, 1.82) is 0 Å². The molecule has 1 aromatic heterocycles. The average molecular weight is 398 g/mol. The number of piperidine rings is 1. The second-order valence-electron chi connectivity index (χ2n) is 7.11. The third kappa shape index (κ3) is 3.91. The number of anilines is 1. The Labute approximate surface area is 164 Å². The number of fused-ring (bicyclic) bond motifs is 1. The molecule has 4 rings (SSSR count). The Balaban J connectivity index is 1.44. The van der Waals surface area contributed by atoms with Crippen LogP contribution in [0.5, 0.6) is 0 Å². The smallest absolute Gasteiger partial charge is 0.286 e. The molecule has 1 atom stereocenters. The van der Waals surface area contributed by atoms with Crippen molar-refractivity contribution in [2.24, 2.45) is 10.3 Å². The first-order chi connectivity index (χ1) is 13.5. The molecule has 2 aromatic rings. The molecule has 2 aliphatic heterocycles. The van der Waals surface area contributed by atoms with E-state index in [4.69, 9.17) is 0 Å². The summed E-state index contributed by atoms with van der Waals surface area (Å²) in [5.41, 5.74) is 1.63. The molecule has 0 unspecified atom stereocenters. The molecule has 1 fully saturated rings. The van der Waals surface area contributed by atoms with E-state index >= 15 is 0 Å². The molecule has 1 aromatic carbocycles. The first kappa shape index (κ1) is 18.6. The number of sulfonamides is 1. The van der Waals surface area contributed by atoms with Crippen molar-refractivity contribution in [3.63, 3.8) is 0 Å². The molecule has 0 spiro atoms. The van der Waals surface area contributed by atoms with Gasteiger partial charge >= 0.3 is 0 Å². The van der Waals surface area contributed by atoms with E-state index < -0.39 is 10.0 Å². The fourth-order valence-corrected chi connectivity index (χ4v) is 4.90. The number of rotatable bonds is 4. The van der Waals surface area contributed by atoms with Crippen molar-refractivity contribution in [3.8, 4) is 0 Å². The van der Waals surface area contributed by atoms with Gasteiger partial charge in [0, 0.05) is 37.8 Å². The molecule has 2 aliphatic rings. The van der Waals surface area contributed by atoms with E-state index in [-0.39, 0.29) is 16.7 Å². The molecule has 7 nitrogen and oxygen atoms in total. The maximum absolute atomic E-state index is 12.7. The first-order valence-electron chi connectivity index (χ1n) is 9.40. The number of pyridine rings is 1. The van der Waals surface area contributed by atoms with Gasteiger partial charge in [-0.05, 0) is 49.1 Å². The molecule has 8 heteroatoms. The lowest BCUT2D eigenvalue weighted by molar-refractivity contribution is -0.132. The molecule has 1 amide bonds. The van der Waals surface area contributed by atoms with E-state index in [0.717, 1.165) is 18.4 Å². The van der Waals surface area contributed by atoms with Crippen LogP contribution in [-0.2, 0) is 21.2 Å². The lowest BCUT2D eigenvalue weighted by Crippen LogP contribution is -2.44. The van der Waals surface area contributed by atoms with Crippen LogP contribution in [0, 0.1) is 5.92 Å². The Morgan fingerprint density at radius 3 is 2.79 bits per heavy atom. The summed E-state index contributed by atoms with van der Waals surface area (Å²) in [6, 6.07) is 10.6. The summed E-state index contributed by atoms with van der Waals surface area (Å²) in [5.74, 6) is 0.410. The topological polar surface area (TPSA) is 91.7 Å². The summed E-state index contributed by atoms with van der Waals surface area (Å²) in [6.07, 6.45) is 6.18. The normalized spacial score (nSPS) is 20.6. The number of amidine groups is 1. The molecular weight excluding hydrogens is 376 g/mol. The van der Waals surface area contributed by atoms with Crippen LogP contribution in [0.2, 0.25) is 0 Å². The Kier molecular flexibility index (Phi) is 5.13. The molecular formula is C20H22N4O3S. The Hall–Kier alpha value is -2.74. The second-order valence-corrected chi connectivity index (χ2v) is 8.68. The molecule has 3 heterocycles. The van der Waals surface area contributed by atoms with Gasteiger partial charge in [-0.25, -0.2) is 0 Å². The van der Waals surface area contributed by atoms with Crippen LogP contribution in [0.4, 0.5) is 5.69 Å². The van der Waals surface area contributed by atoms with E-state index in [1.807, 2.05) is 17.0 Å². The van der Waals surface area contributed by atoms with Gasteiger partial charge < -0.3 is 10.2 Å². The zero-order valence-electron chi connectivity index (χ0n) is 15.4. The predicted molar refractivity (Wildman–Crippen MR) is 107 cm³/mol. The summed E-state index contributed by atoms with van der Waals surface area (Å²) in [5, 5.41) is 3.17. The van der Waals surface area contributed by atoms with Crippen LogP contribution in [0.3, 0.4) is 0 Å². The van der Waals surface area contributed by atoms with Gasteiger partial charge in [-0.3, -0.25) is 9.78 Å². The predicted octanol–water partition coefficient (Wildman–Crippen LogP) is 2.47. The van der Waals surface area contributed by atoms with Crippen molar-refractivity contribution in [1.82, 2.24) is 9.88 Å². The molecule has 0 aliphatic carbocycles. The van der Waals surface area contributed by atoms with E-state index in [1.165, 1.54) is 0 Å². The number of likely N-dealkylation sites (tertiary alicyclic amines) is 1. The van der Waals surface area contributed by atoms with Crippen LogP contribution < -0.4 is 5.32 Å². The largest absolute Gasteiger partial charge is 0.342 e. The van der Waals surface area contributed by atoms with Gasteiger partial charge in [0.25, 0.3) is 10.0 Å². The molecule has 146 valence electrons. The second kappa shape index (κ2) is 7.71. The number of benzene rings is 1. The molecule has 28 heavy (non-hydrogen) atoms. The van der Waals surface area contributed by atoms with Crippen molar-refractivity contribution in [3.05, 3.63) is 54.4 Å². The van der Waals surface area contributed by atoms with Gasteiger partial charge in [0.15, 0.2) is 0 Å². The molecule has 0 bridgehead atoms. The number of carbonyl (C=O) groups excluding carboxylic acids is 1. The van der Waals surface area contributed by atoms with Gasteiger partial charge in [0.2, 0.25) is 5.91 Å². The van der Waals surface area contributed by atoms with Crippen molar-refractivity contribution in [2.45, 2.75) is 30.6 Å². The SMILES string of the molecule is O=C(CCc1ccncc1)N1CCC[C@H](C2=NS(=O)(=O)c3ccccc3N2)C1. The van der Waals surface area contributed by atoms with Crippen LogP contribution in [0.15, 0.2) is 58.1 Å². The molecule has 1 N–H and O–H groups in total. The van der Waals surface area contributed by atoms with Crippen LogP contribution in [-0.4, -0.2) is 43.1 Å². The lowest BCUT2D eigenvalue weighted by atomic mass is 9.96. The fourth-order valence-electron chi connectivity index (χ4n) is 3.70. The van der Waals surface area contributed by atoms with Gasteiger partial charge in [0.1, 0.15) is 10.7 Å².